The molecule has 1 aliphatic carbocycles. The molecule has 27 heavy (non-hydrogen) atoms. The maximum absolute atomic E-state index is 12.3. The van der Waals surface area contributed by atoms with E-state index in [1.807, 2.05) is 13.0 Å². The lowest BCUT2D eigenvalue weighted by Crippen LogP contribution is -2.30. The van der Waals surface area contributed by atoms with E-state index in [-0.39, 0.29) is 36.3 Å². The zero-order valence-corrected chi connectivity index (χ0v) is 15.1. The Labute approximate surface area is 157 Å². The first-order chi connectivity index (χ1) is 13.1. The van der Waals surface area contributed by atoms with Gasteiger partial charge in [0.2, 0.25) is 5.88 Å². The highest BCUT2D eigenvalue weighted by Crippen LogP contribution is 2.38. The molecule has 8 heteroatoms. The van der Waals surface area contributed by atoms with E-state index in [9.17, 15) is 14.9 Å². The molecule has 2 N–H and O–H groups in total. The van der Waals surface area contributed by atoms with Crippen LogP contribution in [0.3, 0.4) is 0 Å². The zero-order valence-electron chi connectivity index (χ0n) is 15.1. The van der Waals surface area contributed by atoms with Crippen LogP contribution in [0.2, 0.25) is 0 Å². The molecule has 1 saturated carbocycles. The van der Waals surface area contributed by atoms with E-state index in [1.54, 1.807) is 6.07 Å². The minimum Gasteiger partial charge on any atom is -0.437 e. The van der Waals surface area contributed by atoms with Crippen LogP contribution in [0.1, 0.15) is 40.9 Å². The summed E-state index contributed by atoms with van der Waals surface area (Å²) < 4.78 is 11.0. The molecule has 7 nitrogen and oxygen atoms in total. The first kappa shape index (κ1) is 18.1. The maximum Gasteiger partial charge on any atom is 0.492 e. The van der Waals surface area contributed by atoms with Crippen molar-refractivity contribution in [2.45, 2.75) is 32.8 Å². The predicted molar refractivity (Wildman–Crippen MR) is 97.9 cm³/mol. The Kier molecular flexibility index (Phi) is 4.95. The molecule has 1 aliphatic heterocycles. The monoisotopic (exact) mass is 368 g/mol. The van der Waals surface area contributed by atoms with E-state index in [0.29, 0.717) is 18.3 Å². The van der Waals surface area contributed by atoms with Gasteiger partial charge >= 0.3 is 7.12 Å². The predicted octanol–water partition coefficient (Wildman–Crippen LogP) is 1.39. The van der Waals surface area contributed by atoms with Crippen LogP contribution in [-0.2, 0) is 11.3 Å². The van der Waals surface area contributed by atoms with Gasteiger partial charge in [0.25, 0.3) is 0 Å². The number of nitrogens with zero attached hydrogens (tertiary/aromatic N) is 2. The summed E-state index contributed by atoms with van der Waals surface area (Å²) in [6.45, 7) is 2.26. The van der Waals surface area contributed by atoms with Crippen molar-refractivity contribution in [3.05, 3.63) is 41.3 Å². The SMILES string of the molecule is Cc1c(Oc2cnc(C(=O)CC(CO)C3CC3)cn2)ccc2c1B(O)OC2. The molecule has 0 saturated heterocycles. The summed E-state index contributed by atoms with van der Waals surface area (Å²) in [6, 6.07) is 3.66. The molecule has 0 radical (unpaired) electrons. The Bertz CT molecular complexity index is 854. The number of ketones is 1. The zero-order chi connectivity index (χ0) is 19.0. The highest BCUT2D eigenvalue weighted by molar-refractivity contribution is 6.62. The van der Waals surface area contributed by atoms with Crippen molar-refractivity contribution in [3.63, 3.8) is 0 Å². The van der Waals surface area contributed by atoms with E-state index >= 15 is 0 Å². The van der Waals surface area contributed by atoms with Crippen LogP contribution in [0, 0.1) is 18.8 Å². The second kappa shape index (κ2) is 7.38. The van der Waals surface area contributed by atoms with Crippen molar-refractivity contribution in [1.29, 1.82) is 0 Å². The van der Waals surface area contributed by atoms with Gasteiger partial charge in [-0.1, -0.05) is 6.07 Å². The second-order valence-electron chi connectivity index (χ2n) is 7.17. The lowest BCUT2D eigenvalue weighted by atomic mass is 9.76. The normalized spacial score (nSPS) is 16.9. The average Bonchev–Trinajstić information content (AvgIpc) is 3.45. The molecule has 1 unspecified atom stereocenters. The summed E-state index contributed by atoms with van der Waals surface area (Å²) in [4.78, 5) is 20.7. The number of benzene rings is 1. The average molecular weight is 368 g/mol. The molecule has 1 aromatic heterocycles. The quantitative estimate of drug-likeness (QED) is 0.562. The third kappa shape index (κ3) is 3.74. The van der Waals surface area contributed by atoms with Crippen LogP contribution in [0.4, 0.5) is 0 Å². The van der Waals surface area contributed by atoms with Crippen LogP contribution in [0.25, 0.3) is 0 Å². The van der Waals surface area contributed by atoms with Gasteiger partial charge in [0, 0.05) is 13.0 Å². The molecule has 2 aromatic rings. The molecule has 0 spiro atoms. The Morgan fingerprint density at radius 1 is 1.37 bits per heavy atom. The molecule has 1 fully saturated rings. The van der Waals surface area contributed by atoms with Gasteiger partial charge < -0.3 is 19.5 Å². The van der Waals surface area contributed by atoms with Crippen LogP contribution in [0.5, 0.6) is 11.6 Å². The fourth-order valence-corrected chi connectivity index (χ4v) is 3.51. The number of ether oxygens (including phenoxy) is 1. The molecular weight excluding hydrogens is 347 g/mol. The van der Waals surface area contributed by atoms with Gasteiger partial charge in [-0.15, -0.1) is 0 Å². The Morgan fingerprint density at radius 2 is 2.19 bits per heavy atom. The van der Waals surface area contributed by atoms with Crippen LogP contribution >= 0.6 is 0 Å². The van der Waals surface area contributed by atoms with Crippen molar-refractivity contribution in [2.75, 3.05) is 6.61 Å². The molecular formula is C19H21BN2O5. The molecule has 0 bridgehead atoms. The molecule has 4 rings (SSSR count). The molecule has 0 amide bonds. The Morgan fingerprint density at radius 3 is 2.85 bits per heavy atom. The van der Waals surface area contributed by atoms with Gasteiger partial charge in [-0.25, -0.2) is 9.97 Å². The second-order valence-corrected chi connectivity index (χ2v) is 7.17. The summed E-state index contributed by atoms with van der Waals surface area (Å²) in [7, 11) is -0.944. The molecule has 1 atom stereocenters. The third-order valence-electron chi connectivity index (χ3n) is 5.30. The van der Waals surface area contributed by atoms with Gasteiger partial charge in [-0.05, 0) is 54.3 Å². The topological polar surface area (TPSA) is 102 Å². The van der Waals surface area contributed by atoms with E-state index < -0.39 is 7.12 Å². The minimum atomic E-state index is -0.944. The van der Waals surface area contributed by atoms with Crippen molar-refractivity contribution in [1.82, 2.24) is 9.97 Å². The largest absolute Gasteiger partial charge is 0.492 e. The number of carbonyl (C=O) groups excluding carboxylic acids is 1. The minimum absolute atomic E-state index is 0.0120. The number of carbonyl (C=O) groups is 1. The van der Waals surface area contributed by atoms with Crippen molar-refractivity contribution in [3.8, 4) is 11.6 Å². The van der Waals surface area contributed by atoms with Gasteiger partial charge in [-0.2, -0.15) is 0 Å². The lowest BCUT2D eigenvalue weighted by molar-refractivity contribution is 0.0919. The third-order valence-corrected chi connectivity index (χ3v) is 5.30. The lowest BCUT2D eigenvalue weighted by Gasteiger charge is -2.12. The maximum atomic E-state index is 12.3. The Hall–Kier alpha value is -2.29. The number of hydrogen-bond donors (Lipinski definition) is 2. The molecule has 1 aromatic carbocycles. The molecule has 140 valence electrons. The number of aliphatic hydroxyl groups excluding tert-OH is 1. The van der Waals surface area contributed by atoms with Crippen molar-refractivity contribution < 1.29 is 24.3 Å². The number of aliphatic hydroxyl groups is 1. The summed E-state index contributed by atoms with van der Waals surface area (Å²) in [5, 5.41) is 19.3. The molecule has 2 heterocycles. The van der Waals surface area contributed by atoms with Crippen LogP contribution in [-0.4, -0.2) is 39.6 Å². The Balaban J connectivity index is 1.45. The number of fused-ring (bicyclic) bond motifs is 1. The van der Waals surface area contributed by atoms with Gasteiger partial charge in [-0.3, -0.25) is 4.79 Å². The number of aromatic nitrogens is 2. The van der Waals surface area contributed by atoms with Crippen LogP contribution in [0.15, 0.2) is 24.5 Å². The fraction of sp³-hybridized carbons (Fsp3) is 0.421. The smallest absolute Gasteiger partial charge is 0.437 e. The van der Waals surface area contributed by atoms with E-state index in [2.05, 4.69) is 9.97 Å². The van der Waals surface area contributed by atoms with Gasteiger partial charge in [0.1, 0.15) is 11.4 Å². The number of Topliss-reactive ketones (excluding diaryl/α,β-unsaturated/α-hetero) is 1. The highest BCUT2D eigenvalue weighted by atomic mass is 16.5. The number of rotatable bonds is 7. The summed E-state index contributed by atoms with van der Waals surface area (Å²) in [5.74, 6) is 1.17. The van der Waals surface area contributed by atoms with Gasteiger partial charge in [0.15, 0.2) is 5.78 Å². The van der Waals surface area contributed by atoms with Gasteiger partial charge in [0.05, 0.1) is 19.0 Å². The van der Waals surface area contributed by atoms with E-state index in [1.165, 1.54) is 12.4 Å². The standard InChI is InChI=1S/C19H21BN2O5/c1-11-17(5-4-13-10-26-20(25)19(11)13)27-18-8-21-15(7-22-18)16(24)6-14(9-23)12-2-3-12/h4-5,7-8,12,14,23,25H,2-3,6,9-10H2,1H3. The van der Waals surface area contributed by atoms with Crippen LogP contribution < -0.4 is 10.2 Å². The summed E-state index contributed by atoms with van der Waals surface area (Å²) in [6.07, 6.45) is 5.27. The first-order valence-electron chi connectivity index (χ1n) is 9.12. The highest BCUT2D eigenvalue weighted by Gasteiger charge is 2.33. The van der Waals surface area contributed by atoms with Crippen molar-refractivity contribution >= 4 is 18.4 Å². The van der Waals surface area contributed by atoms with Crippen molar-refractivity contribution in [2.24, 2.45) is 11.8 Å². The van der Waals surface area contributed by atoms with E-state index in [4.69, 9.17) is 9.39 Å². The summed E-state index contributed by atoms with van der Waals surface area (Å²) >= 11 is 0. The fourth-order valence-electron chi connectivity index (χ4n) is 3.51. The van der Waals surface area contributed by atoms with E-state index in [0.717, 1.165) is 29.4 Å². The number of hydrogen-bond acceptors (Lipinski definition) is 7. The first-order valence-corrected chi connectivity index (χ1v) is 9.12. The summed E-state index contributed by atoms with van der Waals surface area (Å²) in [5.41, 5.74) is 2.72. The molecule has 2 aliphatic rings.